The van der Waals surface area contributed by atoms with Gasteiger partial charge in [-0.15, -0.1) is 5.10 Å². The monoisotopic (exact) mass is 434 g/mol. The van der Waals surface area contributed by atoms with Gasteiger partial charge in [-0.25, -0.2) is 14.1 Å². The van der Waals surface area contributed by atoms with E-state index in [0.717, 1.165) is 11.9 Å². The minimum Gasteiger partial charge on any atom is -0.490 e. The topological polar surface area (TPSA) is 106 Å². The summed E-state index contributed by atoms with van der Waals surface area (Å²) in [5.41, 5.74) is 0.232. The molecular weight excluding hydrogens is 415 g/mol. The van der Waals surface area contributed by atoms with E-state index in [9.17, 15) is 14.0 Å². The molecule has 1 N–H and O–H groups in total. The molecule has 0 saturated carbocycles. The number of aromatic amines is 1. The number of fused-ring (bicyclic) bond motifs is 1. The van der Waals surface area contributed by atoms with Crippen molar-refractivity contribution in [3.63, 3.8) is 0 Å². The van der Waals surface area contributed by atoms with Crippen molar-refractivity contribution in [2.75, 3.05) is 13.1 Å². The molecule has 10 heteroatoms. The largest absolute Gasteiger partial charge is 0.490 e. The molecule has 32 heavy (non-hydrogen) atoms. The third-order valence-electron chi connectivity index (χ3n) is 5.50. The number of carbonyl (C=O) groups excluding carboxylic acids is 2. The normalized spacial score (nSPS) is 14.6. The average molecular weight is 434 g/mol. The second-order valence-corrected chi connectivity index (χ2v) is 7.48. The number of amides is 1. The number of aromatic nitrogens is 5. The van der Waals surface area contributed by atoms with Crippen molar-refractivity contribution in [2.45, 2.75) is 18.9 Å². The van der Waals surface area contributed by atoms with Crippen LogP contribution in [0.15, 0.2) is 55.1 Å². The lowest BCUT2D eigenvalue weighted by Gasteiger charge is -2.31. The second-order valence-electron chi connectivity index (χ2n) is 7.48. The summed E-state index contributed by atoms with van der Waals surface area (Å²) < 4.78 is 21.9. The van der Waals surface area contributed by atoms with E-state index >= 15 is 0 Å². The van der Waals surface area contributed by atoms with Crippen LogP contribution in [0.2, 0.25) is 0 Å². The molecule has 1 fully saturated rings. The molecule has 5 rings (SSSR count). The Hall–Kier alpha value is -4.08. The number of para-hydroxylation sites is 1. The molecular formula is C22H19FN6O3. The Morgan fingerprint density at radius 1 is 1.16 bits per heavy atom. The number of rotatable bonds is 5. The van der Waals surface area contributed by atoms with Crippen LogP contribution < -0.4 is 4.74 Å². The highest BCUT2D eigenvalue weighted by Crippen LogP contribution is 2.27. The summed E-state index contributed by atoms with van der Waals surface area (Å²) >= 11 is 0. The molecule has 9 nitrogen and oxygen atoms in total. The van der Waals surface area contributed by atoms with Gasteiger partial charge in [-0.1, -0.05) is 23.4 Å². The molecule has 0 aliphatic carbocycles. The van der Waals surface area contributed by atoms with Gasteiger partial charge < -0.3 is 14.6 Å². The summed E-state index contributed by atoms with van der Waals surface area (Å²) in [5, 5.41) is 7.58. The number of nitrogens with zero attached hydrogens (tertiary/aromatic N) is 5. The van der Waals surface area contributed by atoms with Crippen molar-refractivity contribution in [3.8, 4) is 11.6 Å². The summed E-state index contributed by atoms with van der Waals surface area (Å²) in [6, 6.07) is 9.48. The fourth-order valence-corrected chi connectivity index (χ4v) is 3.90. The number of Topliss-reactive ketones (excluding diaryl/α,β-unsaturated/α-hetero) is 1. The Bertz CT molecular complexity index is 1260. The highest BCUT2D eigenvalue weighted by atomic mass is 19.1. The zero-order chi connectivity index (χ0) is 22.1. The van der Waals surface area contributed by atoms with Crippen LogP contribution in [0, 0.1) is 5.82 Å². The van der Waals surface area contributed by atoms with E-state index < -0.39 is 17.5 Å². The van der Waals surface area contributed by atoms with Crippen LogP contribution in [-0.2, 0) is 4.79 Å². The van der Waals surface area contributed by atoms with Gasteiger partial charge in [0.05, 0.1) is 35.1 Å². The molecule has 3 aromatic heterocycles. The van der Waals surface area contributed by atoms with Crippen molar-refractivity contribution < 1.29 is 18.7 Å². The minimum atomic E-state index is -0.770. The first kappa shape index (κ1) is 19.9. The molecule has 0 bridgehead atoms. The van der Waals surface area contributed by atoms with E-state index in [4.69, 9.17) is 4.74 Å². The molecule has 0 spiro atoms. The second kappa shape index (κ2) is 8.22. The minimum absolute atomic E-state index is 0.00569. The summed E-state index contributed by atoms with van der Waals surface area (Å²) in [4.78, 5) is 34.2. The van der Waals surface area contributed by atoms with Crippen LogP contribution in [0.1, 0.15) is 23.2 Å². The summed E-state index contributed by atoms with van der Waals surface area (Å²) in [7, 11) is 0. The fraction of sp³-hybridized carbons (Fsp3) is 0.227. The Labute approximate surface area is 181 Å². The Kier molecular flexibility index (Phi) is 5.10. The number of halogens is 1. The molecule has 162 valence electrons. The smallest absolute Gasteiger partial charge is 0.295 e. The van der Waals surface area contributed by atoms with Gasteiger partial charge in [-0.3, -0.25) is 9.59 Å². The average Bonchev–Trinajstić information content (AvgIpc) is 3.51. The van der Waals surface area contributed by atoms with Gasteiger partial charge in [0.1, 0.15) is 11.9 Å². The van der Waals surface area contributed by atoms with E-state index in [0.29, 0.717) is 25.9 Å². The standard InChI is InChI=1S/C22H19FN6O3/c23-17-13-25-21(29-11-8-26-27-29)19-18(17)16(12-24-19)20(30)22(31)28-9-6-15(7-10-28)32-14-4-2-1-3-5-14/h1-5,8,11-13,15,24H,6-7,9-10H2. The third kappa shape index (κ3) is 3.59. The van der Waals surface area contributed by atoms with Crippen molar-refractivity contribution in [3.05, 3.63) is 66.5 Å². The summed E-state index contributed by atoms with van der Waals surface area (Å²) in [6.07, 6.45) is 6.53. The van der Waals surface area contributed by atoms with E-state index in [1.165, 1.54) is 22.0 Å². The summed E-state index contributed by atoms with van der Waals surface area (Å²) in [5.74, 6) is -1.07. The van der Waals surface area contributed by atoms with Gasteiger partial charge in [0.2, 0.25) is 0 Å². The van der Waals surface area contributed by atoms with E-state index in [2.05, 4.69) is 20.3 Å². The third-order valence-corrected chi connectivity index (χ3v) is 5.50. The van der Waals surface area contributed by atoms with E-state index in [-0.39, 0.29) is 28.4 Å². The predicted molar refractivity (Wildman–Crippen MR) is 112 cm³/mol. The Morgan fingerprint density at radius 3 is 2.66 bits per heavy atom. The highest BCUT2D eigenvalue weighted by molar-refractivity contribution is 6.45. The number of carbonyl (C=O) groups is 2. The zero-order valence-electron chi connectivity index (χ0n) is 16.9. The summed E-state index contributed by atoms with van der Waals surface area (Å²) in [6.45, 7) is 0.775. The number of ether oxygens (including phenoxy) is 1. The van der Waals surface area contributed by atoms with Crippen LogP contribution in [-0.4, -0.2) is 60.7 Å². The Morgan fingerprint density at radius 2 is 1.94 bits per heavy atom. The number of nitrogens with one attached hydrogen (secondary N) is 1. The van der Waals surface area contributed by atoms with Gasteiger partial charge >= 0.3 is 0 Å². The molecule has 4 aromatic rings. The van der Waals surface area contributed by atoms with Crippen molar-refractivity contribution in [2.24, 2.45) is 0 Å². The lowest BCUT2D eigenvalue weighted by Crippen LogP contribution is -2.44. The predicted octanol–water partition coefficient (Wildman–Crippen LogP) is 2.54. The zero-order valence-corrected chi connectivity index (χ0v) is 16.9. The van der Waals surface area contributed by atoms with Crippen molar-refractivity contribution >= 4 is 22.6 Å². The number of benzene rings is 1. The maximum Gasteiger partial charge on any atom is 0.295 e. The van der Waals surface area contributed by atoms with Crippen LogP contribution in [0.25, 0.3) is 16.7 Å². The maximum absolute atomic E-state index is 14.6. The molecule has 1 aliphatic rings. The molecule has 0 atom stereocenters. The molecule has 1 aromatic carbocycles. The van der Waals surface area contributed by atoms with Crippen LogP contribution in [0.5, 0.6) is 5.75 Å². The Balaban J connectivity index is 1.33. The first-order valence-electron chi connectivity index (χ1n) is 10.2. The van der Waals surface area contributed by atoms with Gasteiger partial charge in [-0.05, 0) is 12.1 Å². The van der Waals surface area contributed by atoms with Gasteiger partial charge in [0, 0.05) is 32.1 Å². The molecule has 0 unspecified atom stereocenters. The number of piperidine rings is 1. The fourth-order valence-electron chi connectivity index (χ4n) is 3.90. The van der Waals surface area contributed by atoms with Crippen molar-refractivity contribution in [1.29, 1.82) is 0 Å². The van der Waals surface area contributed by atoms with Gasteiger partial charge in [-0.2, -0.15) is 0 Å². The van der Waals surface area contributed by atoms with Gasteiger partial charge in [0.25, 0.3) is 11.7 Å². The van der Waals surface area contributed by atoms with Crippen LogP contribution >= 0.6 is 0 Å². The first-order valence-corrected chi connectivity index (χ1v) is 10.2. The number of pyridine rings is 1. The number of ketones is 1. The number of likely N-dealkylation sites (tertiary alicyclic amines) is 1. The molecule has 4 heterocycles. The molecule has 1 saturated heterocycles. The van der Waals surface area contributed by atoms with E-state index in [1.54, 1.807) is 6.20 Å². The highest BCUT2D eigenvalue weighted by Gasteiger charge is 2.31. The van der Waals surface area contributed by atoms with Gasteiger partial charge in [0.15, 0.2) is 11.6 Å². The van der Waals surface area contributed by atoms with Crippen LogP contribution in [0.4, 0.5) is 4.39 Å². The van der Waals surface area contributed by atoms with Crippen LogP contribution in [0.3, 0.4) is 0 Å². The first-order chi connectivity index (χ1) is 15.6. The number of hydrogen-bond acceptors (Lipinski definition) is 6. The van der Waals surface area contributed by atoms with Crippen molar-refractivity contribution in [1.82, 2.24) is 29.9 Å². The maximum atomic E-state index is 14.6. The molecule has 0 radical (unpaired) electrons. The molecule has 1 aliphatic heterocycles. The SMILES string of the molecule is O=C(C(=O)N1CCC(Oc2ccccc2)CC1)c1c[nH]c2c(-n3ccnn3)ncc(F)c12. The van der Waals surface area contributed by atoms with E-state index in [1.807, 2.05) is 30.3 Å². The lowest BCUT2D eigenvalue weighted by atomic mass is 10.0. The molecule has 1 amide bonds. The number of hydrogen-bond donors (Lipinski definition) is 1. The quantitative estimate of drug-likeness (QED) is 0.382. The number of H-pyrrole nitrogens is 1. The lowest BCUT2D eigenvalue weighted by molar-refractivity contribution is -0.128.